The van der Waals surface area contributed by atoms with Crippen LogP contribution in [0.4, 0.5) is 5.69 Å². The first kappa shape index (κ1) is 24.6. The van der Waals surface area contributed by atoms with Crippen LogP contribution in [0.1, 0.15) is 18.2 Å². The van der Waals surface area contributed by atoms with Crippen LogP contribution in [0.5, 0.6) is 5.75 Å². The fourth-order valence-electron chi connectivity index (χ4n) is 3.77. The molecule has 0 radical (unpaired) electrons. The van der Waals surface area contributed by atoms with Gasteiger partial charge >= 0.3 is 0 Å². The number of ether oxygens (including phenoxy) is 1. The quantitative estimate of drug-likeness (QED) is 0.221. The van der Waals surface area contributed by atoms with Gasteiger partial charge in [0.1, 0.15) is 28.3 Å². The second-order valence-corrected chi connectivity index (χ2v) is 8.98. The summed E-state index contributed by atoms with van der Waals surface area (Å²) in [4.78, 5) is 14.2. The number of amides is 1. The fourth-order valence-corrected chi connectivity index (χ4v) is 4.17. The lowest BCUT2D eigenvalue weighted by atomic mass is 10.1. The molecule has 0 aliphatic carbocycles. The molecule has 0 unspecified atom stereocenters. The zero-order chi connectivity index (χ0) is 25.9. The summed E-state index contributed by atoms with van der Waals surface area (Å²) in [6.45, 7) is 4.45. The van der Waals surface area contributed by atoms with Crippen LogP contribution in [-0.4, -0.2) is 27.5 Å². The molecule has 3 aromatic carbocycles. The Kier molecular flexibility index (Phi) is 6.99. The monoisotopic (exact) mass is 532 g/mol. The van der Waals surface area contributed by atoms with Gasteiger partial charge in [0.25, 0.3) is 0 Å². The third kappa shape index (κ3) is 5.38. The number of aromatic nitrogens is 3. The van der Waals surface area contributed by atoms with Crippen molar-refractivity contribution in [3.8, 4) is 22.8 Å². The van der Waals surface area contributed by atoms with E-state index in [1.165, 1.54) is 6.08 Å². The number of nitrogens with zero attached hydrogens (tertiary/aromatic N) is 3. The second kappa shape index (κ2) is 10.5. The number of carbonyl (C=O) groups is 1. The summed E-state index contributed by atoms with van der Waals surface area (Å²) in [5, 5.41) is 12.9. The van der Waals surface area contributed by atoms with Crippen molar-refractivity contribution < 1.29 is 13.9 Å². The Hall–Kier alpha value is -4.07. The van der Waals surface area contributed by atoms with E-state index in [0.29, 0.717) is 44.9 Å². The molecule has 0 saturated carbocycles. The number of halogens is 2. The number of benzene rings is 3. The highest BCUT2D eigenvalue weighted by atomic mass is 35.5. The van der Waals surface area contributed by atoms with Gasteiger partial charge in [0.2, 0.25) is 5.91 Å². The van der Waals surface area contributed by atoms with Crippen LogP contribution in [-0.2, 0) is 4.79 Å². The normalized spacial score (nSPS) is 11.4. The number of aryl methyl sites for hydroxylation is 1. The molecule has 0 saturated heterocycles. The van der Waals surface area contributed by atoms with Gasteiger partial charge in [-0.1, -0.05) is 29.3 Å². The summed E-state index contributed by atoms with van der Waals surface area (Å²) in [6.07, 6.45) is 3.00. The second-order valence-electron chi connectivity index (χ2n) is 8.20. The minimum Gasteiger partial charge on any atom is -0.494 e. The summed E-state index contributed by atoms with van der Waals surface area (Å²) in [5.41, 5.74) is 4.38. The van der Waals surface area contributed by atoms with Crippen molar-refractivity contribution in [2.24, 2.45) is 0 Å². The SMILES string of the molecule is CCOc1ccc(-n2nc3cc(C)c(NC(=O)C=Cc4ccc(-c5cccc(Cl)c5Cl)o4)cc3n2)cc1. The average molecular weight is 533 g/mol. The van der Waals surface area contributed by atoms with Gasteiger partial charge < -0.3 is 14.5 Å². The molecule has 186 valence electrons. The molecule has 7 nitrogen and oxygen atoms in total. The molecule has 1 N–H and O–H groups in total. The lowest BCUT2D eigenvalue weighted by molar-refractivity contribution is -0.111. The van der Waals surface area contributed by atoms with Gasteiger partial charge in [0.05, 0.1) is 22.3 Å². The van der Waals surface area contributed by atoms with Crippen LogP contribution < -0.4 is 10.1 Å². The van der Waals surface area contributed by atoms with Gasteiger partial charge in [-0.25, -0.2) is 0 Å². The number of furan rings is 1. The van der Waals surface area contributed by atoms with Crippen molar-refractivity contribution >= 4 is 51.9 Å². The van der Waals surface area contributed by atoms with Crippen LogP contribution in [0.3, 0.4) is 0 Å². The highest BCUT2D eigenvalue weighted by Crippen LogP contribution is 2.34. The molecule has 2 heterocycles. The molecule has 0 atom stereocenters. The van der Waals surface area contributed by atoms with E-state index in [-0.39, 0.29) is 5.91 Å². The third-order valence-corrected chi connectivity index (χ3v) is 6.42. The molecule has 2 aromatic heterocycles. The third-order valence-electron chi connectivity index (χ3n) is 5.61. The van der Waals surface area contributed by atoms with Crippen LogP contribution in [0.15, 0.2) is 77.2 Å². The lowest BCUT2D eigenvalue weighted by Gasteiger charge is -2.05. The van der Waals surface area contributed by atoms with Crippen LogP contribution in [0.2, 0.25) is 10.0 Å². The van der Waals surface area contributed by atoms with E-state index >= 15 is 0 Å². The van der Waals surface area contributed by atoms with Crippen molar-refractivity contribution in [2.75, 3.05) is 11.9 Å². The lowest BCUT2D eigenvalue weighted by Crippen LogP contribution is -2.08. The van der Waals surface area contributed by atoms with Gasteiger partial charge in [-0.15, -0.1) is 10.2 Å². The highest BCUT2D eigenvalue weighted by molar-refractivity contribution is 6.43. The molecule has 0 aliphatic rings. The Labute approximate surface area is 223 Å². The van der Waals surface area contributed by atoms with Crippen molar-refractivity contribution in [1.82, 2.24) is 15.0 Å². The van der Waals surface area contributed by atoms with Crippen LogP contribution in [0, 0.1) is 6.92 Å². The van der Waals surface area contributed by atoms with Gasteiger partial charge in [0, 0.05) is 17.3 Å². The van der Waals surface area contributed by atoms with Gasteiger partial charge in [-0.2, -0.15) is 4.80 Å². The van der Waals surface area contributed by atoms with E-state index in [1.54, 1.807) is 41.2 Å². The minimum atomic E-state index is -0.305. The van der Waals surface area contributed by atoms with E-state index in [1.807, 2.05) is 50.2 Å². The standard InChI is InChI=1S/C28H22Cl2N4O3/c1-3-36-19-9-7-18(8-10-19)34-32-24-15-17(2)23(16-25(24)33-34)31-27(35)14-12-20-11-13-26(37-20)21-5-4-6-22(29)28(21)30/h4-16H,3H2,1-2H3,(H,31,35). The zero-order valence-corrected chi connectivity index (χ0v) is 21.5. The van der Waals surface area contributed by atoms with Crippen LogP contribution >= 0.6 is 23.2 Å². The van der Waals surface area contributed by atoms with Crippen molar-refractivity contribution in [3.63, 3.8) is 0 Å². The van der Waals surface area contributed by atoms with Crippen molar-refractivity contribution in [1.29, 1.82) is 0 Å². The van der Waals surface area contributed by atoms with E-state index in [0.717, 1.165) is 22.5 Å². The maximum absolute atomic E-state index is 12.6. The Bertz CT molecular complexity index is 1620. The molecule has 0 fully saturated rings. The number of anilines is 1. The number of fused-ring (bicyclic) bond motifs is 1. The number of hydrogen-bond donors (Lipinski definition) is 1. The van der Waals surface area contributed by atoms with Crippen LogP contribution in [0.25, 0.3) is 34.1 Å². The smallest absolute Gasteiger partial charge is 0.248 e. The van der Waals surface area contributed by atoms with Crippen molar-refractivity contribution in [2.45, 2.75) is 13.8 Å². The molecule has 5 rings (SSSR count). The maximum atomic E-state index is 12.6. The first-order valence-electron chi connectivity index (χ1n) is 11.6. The molecule has 37 heavy (non-hydrogen) atoms. The Morgan fingerprint density at radius 1 is 1.05 bits per heavy atom. The topological polar surface area (TPSA) is 82.2 Å². The summed E-state index contributed by atoms with van der Waals surface area (Å²) in [5.74, 6) is 1.55. The Morgan fingerprint density at radius 3 is 2.57 bits per heavy atom. The fraction of sp³-hybridized carbons (Fsp3) is 0.107. The molecular weight excluding hydrogens is 511 g/mol. The number of carbonyl (C=O) groups excluding carboxylic acids is 1. The maximum Gasteiger partial charge on any atom is 0.248 e. The number of nitrogens with one attached hydrogen (secondary N) is 1. The van der Waals surface area contributed by atoms with Gasteiger partial charge in [-0.05, 0) is 86.2 Å². The van der Waals surface area contributed by atoms with Gasteiger partial charge in [-0.3, -0.25) is 4.79 Å². The molecule has 0 aliphatic heterocycles. The summed E-state index contributed by atoms with van der Waals surface area (Å²) < 4.78 is 11.3. The first-order chi connectivity index (χ1) is 17.9. The largest absolute Gasteiger partial charge is 0.494 e. The summed E-state index contributed by atoms with van der Waals surface area (Å²) in [7, 11) is 0. The number of hydrogen-bond acceptors (Lipinski definition) is 5. The minimum absolute atomic E-state index is 0.305. The molecule has 0 spiro atoms. The molecule has 5 aromatic rings. The molecule has 9 heteroatoms. The average Bonchev–Trinajstić information content (AvgIpc) is 3.52. The van der Waals surface area contributed by atoms with Crippen molar-refractivity contribution in [3.05, 3.63) is 94.2 Å². The molecular formula is C28H22Cl2N4O3. The van der Waals surface area contributed by atoms with E-state index in [9.17, 15) is 4.79 Å². The molecule has 0 bridgehead atoms. The zero-order valence-electron chi connectivity index (χ0n) is 20.0. The predicted octanol–water partition coefficient (Wildman–Crippen LogP) is 7.35. The van der Waals surface area contributed by atoms with E-state index in [4.69, 9.17) is 32.4 Å². The summed E-state index contributed by atoms with van der Waals surface area (Å²) in [6, 6.07) is 20.1. The summed E-state index contributed by atoms with van der Waals surface area (Å²) >= 11 is 12.4. The van der Waals surface area contributed by atoms with E-state index in [2.05, 4.69) is 15.5 Å². The molecule has 1 amide bonds. The number of rotatable bonds is 7. The Balaban J connectivity index is 1.30. The first-order valence-corrected chi connectivity index (χ1v) is 12.3. The van der Waals surface area contributed by atoms with Gasteiger partial charge in [0.15, 0.2) is 0 Å². The Morgan fingerprint density at radius 2 is 1.81 bits per heavy atom. The predicted molar refractivity (Wildman–Crippen MR) is 147 cm³/mol. The highest BCUT2D eigenvalue weighted by Gasteiger charge is 2.12. The van der Waals surface area contributed by atoms with E-state index < -0.39 is 0 Å².